The lowest BCUT2D eigenvalue weighted by atomic mass is 9.99. The zero-order valence-corrected chi connectivity index (χ0v) is 12.1. The first-order chi connectivity index (χ1) is 10.2. The van der Waals surface area contributed by atoms with Crippen LogP contribution in [0.5, 0.6) is 0 Å². The van der Waals surface area contributed by atoms with E-state index in [4.69, 9.17) is 5.26 Å². The molecule has 7 nitrogen and oxygen atoms in total. The van der Waals surface area contributed by atoms with Crippen molar-refractivity contribution in [2.45, 2.75) is 19.8 Å². The van der Waals surface area contributed by atoms with E-state index in [1.54, 1.807) is 0 Å². The molecule has 7 heteroatoms. The normalized spacial score (nSPS) is 18.0. The first-order valence-electron chi connectivity index (χ1n) is 7.16. The maximum absolute atomic E-state index is 11.2. The number of rotatable bonds is 5. The summed E-state index contributed by atoms with van der Waals surface area (Å²) in [6, 6.07) is 3.19. The van der Waals surface area contributed by atoms with E-state index in [1.165, 1.54) is 12.3 Å². The topological polar surface area (TPSA) is 95.1 Å². The Bertz CT molecular complexity index is 549. The Morgan fingerprint density at radius 1 is 1.67 bits per heavy atom. The molecule has 2 heterocycles. The van der Waals surface area contributed by atoms with Crippen LogP contribution in [0.1, 0.15) is 25.3 Å². The molecule has 0 aromatic carbocycles. The van der Waals surface area contributed by atoms with Gasteiger partial charge in [0, 0.05) is 25.4 Å². The maximum Gasteiger partial charge on any atom is 0.312 e. The molecular formula is C14H19N5O2. The van der Waals surface area contributed by atoms with Crippen molar-refractivity contribution in [3.05, 3.63) is 27.9 Å². The summed E-state index contributed by atoms with van der Waals surface area (Å²) in [7, 11) is 0. The van der Waals surface area contributed by atoms with Crippen LogP contribution >= 0.6 is 0 Å². The summed E-state index contributed by atoms with van der Waals surface area (Å²) in [6.07, 6.45) is 3.64. The van der Waals surface area contributed by atoms with Gasteiger partial charge in [0.05, 0.1) is 10.5 Å². The molecule has 0 saturated carbocycles. The van der Waals surface area contributed by atoms with Crippen LogP contribution in [0.2, 0.25) is 0 Å². The van der Waals surface area contributed by atoms with Gasteiger partial charge in [-0.15, -0.1) is 0 Å². The second kappa shape index (κ2) is 6.99. The minimum absolute atomic E-state index is 0.0975. The van der Waals surface area contributed by atoms with Crippen molar-refractivity contribution in [1.82, 2.24) is 10.3 Å². The van der Waals surface area contributed by atoms with Crippen molar-refractivity contribution in [2.24, 2.45) is 5.92 Å². The molecule has 1 aliphatic rings. The van der Waals surface area contributed by atoms with E-state index in [2.05, 4.69) is 10.3 Å². The molecule has 0 radical (unpaired) electrons. The summed E-state index contributed by atoms with van der Waals surface area (Å²) in [5.74, 6) is 0.822. The number of nitriles is 1. The minimum Gasteiger partial charge on any atom is -0.351 e. The van der Waals surface area contributed by atoms with E-state index >= 15 is 0 Å². The number of nitrogens with one attached hydrogen (secondary N) is 1. The number of anilines is 1. The molecule has 0 amide bonds. The lowest BCUT2D eigenvalue weighted by Crippen LogP contribution is -2.38. The van der Waals surface area contributed by atoms with E-state index in [0.717, 1.165) is 32.5 Å². The molecule has 1 saturated heterocycles. The van der Waals surface area contributed by atoms with Crippen LogP contribution in [-0.2, 0) is 0 Å². The smallest absolute Gasteiger partial charge is 0.312 e. The van der Waals surface area contributed by atoms with Gasteiger partial charge in [-0.2, -0.15) is 5.26 Å². The molecule has 21 heavy (non-hydrogen) atoms. The number of piperidine rings is 1. The SMILES string of the molecule is CCN(CC1CCCNC1)c1ncc(C#N)cc1[N+](=O)[O-]. The van der Waals surface area contributed by atoms with Crippen LogP contribution in [0.25, 0.3) is 0 Å². The summed E-state index contributed by atoms with van der Waals surface area (Å²) < 4.78 is 0. The van der Waals surface area contributed by atoms with Gasteiger partial charge in [-0.05, 0) is 38.8 Å². The summed E-state index contributed by atoms with van der Waals surface area (Å²) in [4.78, 5) is 16.8. The quantitative estimate of drug-likeness (QED) is 0.654. The number of nitro groups is 1. The van der Waals surface area contributed by atoms with Gasteiger partial charge in [-0.1, -0.05) is 0 Å². The average Bonchev–Trinajstić information content (AvgIpc) is 2.53. The van der Waals surface area contributed by atoms with Crippen LogP contribution in [0.4, 0.5) is 11.5 Å². The van der Waals surface area contributed by atoms with Crippen LogP contribution in [-0.4, -0.2) is 36.1 Å². The van der Waals surface area contributed by atoms with Gasteiger partial charge in [-0.3, -0.25) is 10.1 Å². The largest absolute Gasteiger partial charge is 0.351 e. The maximum atomic E-state index is 11.2. The summed E-state index contributed by atoms with van der Waals surface area (Å²) >= 11 is 0. The fraction of sp³-hybridized carbons (Fsp3) is 0.571. The molecule has 1 aromatic rings. The summed E-state index contributed by atoms with van der Waals surface area (Å²) in [6.45, 7) is 5.32. The Balaban J connectivity index is 2.24. The number of aromatic nitrogens is 1. The van der Waals surface area contributed by atoms with Gasteiger partial charge in [0.25, 0.3) is 0 Å². The average molecular weight is 289 g/mol. The van der Waals surface area contributed by atoms with Crippen molar-refractivity contribution in [1.29, 1.82) is 5.26 Å². The predicted octanol–water partition coefficient (Wildman–Crippen LogP) is 1.69. The summed E-state index contributed by atoms with van der Waals surface area (Å²) in [5.41, 5.74) is 0.112. The Hall–Kier alpha value is -2.20. The second-order valence-corrected chi connectivity index (χ2v) is 5.19. The molecule has 1 aromatic heterocycles. The highest BCUT2D eigenvalue weighted by Gasteiger charge is 2.24. The van der Waals surface area contributed by atoms with Crippen molar-refractivity contribution >= 4 is 11.5 Å². The lowest BCUT2D eigenvalue weighted by Gasteiger charge is -2.29. The standard InChI is InChI=1S/C14H19N5O2/c1-2-18(10-11-4-3-5-16-8-11)14-13(19(20)21)6-12(7-15)9-17-14/h6,9,11,16H,2-5,8,10H2,1H3. The number of nitrogens with zero attached hydrogens (tertiary/aromatic N) is 4. The Kier molecular flexibility index (Phi) is 5.06. The van der Waals surface area contributed by atoms with E-state index in [-0.39, 0.29) is 11.3 Å². The van der Waals surface area contributed by atoms with Crippen LogP contribution in [0.15, 0.2) is 12.3 Å². The zero-order chi connectivity index (χ0) is 15.2. The van der Waals surface area contributed by atoms with Gasteiger partial charge < -0.3 is 10.2 Å². The molecule has 0 spiro atoms. The number of pyridine rings is 1. The van der Waals surface area contributed by atoms with E-state index in [0.29, 0.717) is 18.3 Å². The summed E-state index contributed by atoms with van der Waals surface area (Å²) in [5, 5.41) is 23.4. The van der Waals surface area contributed by atoms with Crippen molar-refractivity contribution in [2.75, 3.05) is 31.1 Å². The van der Waals surface area contributed by atoms with Crippen molar-refractivity contribution in [3.63, 3.8) is 0 Å². The predicted molar refractivity (Wildman–Crippen MR) is 79.1 cm³/mol. The van der Waals surface area contributed by atoms with E-state index in [1.807, 2.05) is 17.9 Å². The van der Waals surface area contributed by atoms with Crippen molar-refractivity contribution in [3.8, 4) is 6.07 Å². The Morgan fingerprint density at radius 3 is 3.05 bits per heavy atom. The minimum atomic E-state index is -0.467. The molecule has 112 valence electrons. The van der Waals surface area contributed by atoms with Crippen LogP contribution < -0.4 is 10.2 Å². The molecule has 1 N–H and O–H groups in total. The zero-order valence-electron chi connectivity index (χ0n) is 12.1. The molecule has 1 unspecified atom stereocenters. The third-order valence-electron chi connectivity index (χ3n) is 3.73. The fourth-order valence-electron chi connectivity index (χ4n) is 2.64. The molecule has 1 fully saturated rings. The molecule has 1 aliphatic heterocycles. The Morgan fingerprint density at radius 2 is 2.48 bits per heavy atom. The van der Waals surface area contributed by atoms with Gasteiger partial charge in [0.2, 0.25) is 5.82 Å². The highest BCUT2D eigenvalue weighted by Crippen LogP contribution is 2.27. The molecular weight excluding hydrogens is 270 g/mol. The van der Waals surface area contributed by atoms with Crippen LogP contribution in [0.3, 0.4) is 0 Å². The van der Waals surface area contributed by atoms with Gasteiger partial charge in [0.15, 0.2) is 0 Å². The highest BCUT2D eigenvalue weighted by atomic mass is 16.6. The van der Waals surface area contributed by atoms with E-state index in [9.17, 15) is 10.1 Å². The van der Waals surface area contributed by atoms with Gasteiger partial charge >= 0.3 is 5.69 Å². The lowest BCUT2D eigenvalue weighted by molar-refractivity contribution is -0.384. The van der Waals surface area contributed by atoms with Crippen LogP contribution in [0, 0.1) is 27.4 Å². The van der Waals surface area contributed by atoms with Gasteiger partial charge in [-0.25, -0.2) is 4.98 Å². The fourth-order valence-corrected chi connectivity index (χ4v) is 2.64. The number of hydrogen-bond acceptors (Lipinski definition) is 6. The first-order valence-corrected chi connectivity index (χ1v) is 7.16. The molecule has 1 atom stereocenters. The van der Waals surface area contributed by atoms with Crippen molar-refractivity contribution < 1.29 is 4.92 Å². The highest BCUT2D eigenvalue weighted by molar-refractivity contribution is 5.60. The first kappa shape index (κ1) is 15.2. The second-order valence-electron chi connectivity index (χ2n) is 5.19. The molecule has 0 bridgehead atoms. The molecule has 2 rings (SSSR count). The number of hydrogen-bond donors (Lipinski definition) is 1. The monoisotopic (exact) mass is 289 g/mol. The third-order valence-corrected chi connectivity index (χ3v) is 3.73. The Labute approximate surface area is 123 Å². The van der Waals surface area contributed by atoms with E-state index < -0.39 is 4.92 Å². The third kappa shape index (κ3) is 3.67. The molecule has 0 aliphatic carbocycles. The van der Waals surface area contributed by atoms with Gasteiger partial charge in [0.1, 0.15) is 6.07 Å².